The van der Waals surface area contributed by atoms with Crippen LogP contribution in [0.3, 0.4) is 0 Å². The maximum absolute atomic E-state index is 12.7. The zero-order valence-electron chi connectivity index (χ0n) is 13.9. The second-order valence-corrected chi connectivity index (χ2v) is 8.60. The van der Waals surface area contributed by atoms with E-state index in [-0.39, 0.29) is 16.7 Å². The number of amides is 1. The minimum Gasteiger partial charge on any atom is -0.381 e. The molecule has 6 nitrogen and oxygen atoms in total. The molecule has 2 aliphatic rings. The summed E-state index contributed by atoms with van der Waals surface area (Å²) in [6, 6.07) is 6.42. The van der Waals surface area contributed by atoms with Gasteiger partial charge >= 0.3 is 0 Å². The SMILES string of the molecule is CC1CCN(S(=O)(=O)c2ccc(NC(=O)C3CCOC3)cc2)CC1. The van der Waals surface area contributed by atoms with E-state index in [1.165, 1.54) is 0 Å². The molecule has 1 unspecified atom stereocenters. The van der Waals surface area contributed by atoms with Gasteiger partial charge in [-0.1, -0.05) is 6.92 Å². The van der Waals surface area contributed by atoms with Crippen molar-refractivity contribution in [2.45, 2.75) is 31.1 Å². The Morgan fingerprint density at radius 2 is 1.83 bits per heavy atom. The molecule has 0 aromatic heterocycles. The lowest BCUT2D eigenvalue weighted by molar-refractivity contribution is -0.119. The van der Waals surface area contributed by atoms with Gasteiger partial charge in [0.25, 0.3) is 0 Å². The zero-order valence-corrected chi connectivity index (χ0v) is 14.7. The molecule has 1 atom stereocenters. The Morgan fingerprint density at radius 3 is 2.42 bits per heavy atom. The van der Waals surface area contributed by atoms with Crippen LogP contribution in [0.4, 0.5) is 5.69 Å². The molecule has 0 aliphatic carbocycles. The normalized spacial score (nSPS) is 23.3. The van der Waals surface area contributed by atoms with Crippen molar-refractivity contribution < 1.29 is 17.9 Å². The molecule has 0 bridgehead atoms. The van der Waals surface area contributed by atoms with Crippen LogP contribution in [-0.2, 0) is 19.6 Å². The number of carbonyl (C=O) groups is 1. The van der Waals surface area contributed by atoms with Crippen LogP contribution in [0.2, 0.25) is 0 Å². The summed E-state index contributed by atoms with van der Waals surface area (Å²) in [5.74, 6) is 0.380. The van der Waals surface area contributed by atoms with Gasteiger partial charge < -0.3 is 10.1 Å². The fourth-order valence-corrected chi connectivity index (χ4v) is 4.54. The van der Waals surface area contributed by atoms with Crippen molar-refractivity contribution in [3.63, 3.8) is 0 Å². The first-order valence-corrected chi connectivity index (χ1v) is 9.89. The number of ether oxygens (including phenoxy) is 1. The Hall–Kier alpha value is -1.44. The largest absolute Gasteiger partial charge is 0.381 e. The summed E-state index contributed by atoms with van der Waals surface area (Å²) in [4.78, 5) is 12.3. The highest BCUT2D eigenvalue weighted by molar-refractivity contribution is 7.89. The van der Waals surface area contributed by atoms with Crippen LogP contribution < -0.4 is 5.32 Å². The molecule has 2 fully saturated rings. The molecule has 2 saturated heterocycles. The summed E-state index contributed by atoms with van der Waals surface area (Å²) in [6.45, 7) is 4.36. The molecule has 0 radical (unpaired) electrons. The molecule has 2 heterocycles. The highest BCUT2D eigenvalue weighted by Crippen LogP contribution is 2.24. The number of piperidine rings is 1. The van der Waals surface area contributed by atoms with Gasteiger partial charge in [0.2, 0.25) is 15.9 Å². The van der Waals surface area contributed by atoms with E-state index in [1.54, 1.807) is 28.6 Å². The summed E-state index contributed by atoms with van der Waals surface area (Å²) in [6.07, 6.45) is 2.53. The topological polar surface area (TPSA) is 75.7 Å². The number of nitrogens with one attached hydrogen (secondary N) is 1. The number of carbonyl (C=O) groups excluding carboxylic acids is 1. The molecular formula is C17H24N2O4S. The van der Waals surface area contributed by atoms with E-state index in [4.69, 9.17) is 4.74 Å². The van der Waals surface area contributed by atoms with Crippen molar-refractivity contribution in [1.82, 2.24) is 4.31 Å². The van der Waals surface area contributed by atoms with Gasteiger partial charge in [0.15, 0.2) is 0 Å². The number of anilines is 1. The Balaban J connectivity index is 1.66. The van der Waals surface area contributed by atoms with Gasteiger partial charge in [0, 0.05) is 25.4 Å². The van der Waals surface area contributed by atoms with E-state index in [0.29, 0.717) is 37.9 Å². The quantitative estimate of drug-likeness (QED) is 0.900. The van der Waals surface area contributed by atoms with Crippen molar-refractivity contribution in [3.8, 4) is 0 Å². The second-order valence-electron chi connectivity index (χ2n) is 6.66. The number of hydrogen-bond donors (Lipinski definition) is 1. The monoisotopic (exact) mass is 352 g/mol. The van der Waals surface area contributed by atoms with Gasteiger partial charge in [-0.05, 0) is 49.4 Å². The Labute approximate surface area is 143 Å². The first-order valence-electron chi connectivity index (χ1n) is 8.45. The van der Waals surface area contributed by atoms with Crippen LogP contribution in [0.1, 0.15) is 26.2 Å². The predicted octanol–water partition coefficient (Wildman–Crippen LogP) is 2.08. The zero-order chi connectivity index (χ0) is 17.2. The molecule has 3 rings (SSSR count). The number of rotatable bonds is 4. The molecule has 1 aromatic carbocycles. The van der Waals surface area contributed by atoms with Crippen molar-refractivity contribution in [3.05, 3.63) is 24.3 Å². The van der Waals surface area contributed by atoms with E-state index in [1.807, 2.05) is 0 Å². The van der Waals surface area contributed by atoms with Crippen molar-refractivity contribution in [2.24, 2.45) is 11.8 Å². The fraction of sp³-hybridized carbons (Fsp3) is 0.588. The first-order chi connectivity index (χ1) is 11.5. The smallest absolute Gasteiger partial charge is 0.243 e. The van der Waals surface area contributed by atoms with Crippen LogP contribution in [0.5, 0.6) is 0 Å². The number of nitrogens with zero attached hydrogens (tertiary/aromatic N) is 1. The van der Waals surface area contributed by atoms with Gasteiger partial charge in [-0.2, -0.15) is 4.31 Å². The minimum atomic E-state index is -3.45. The minimum absolute atomic E-state index is 0.0758. The van der Waals surface area contributed by atoms with Crippen molar-refractivity contribution >= 4 is 21.6 Å². The Morgan fingerprint density at radius 1 is 1.17 bits per heavy atom. The molecule has 1 N–H and O–H groups in total. The van der Waals surface area contributed by atoms with Crippen molar-refractivity contribution in [2.75, 3.05) is 31.6 Å². The summed E-state index contributed by atoms with van der Waals surface area (Å²) in [7, 11) is -3.45. The van der Waals surface area contributed by atoms with Crippen LogP contribution in [0.15, 0.2) is 29.2 Å². The molecule has 7 heteroatoms. The van der Waals surface area contributed by atoms with E-state index in [9.17, 15) is 13.2 Å². The van der Waals surface area contributed by atoms with Crippen LogP contribution in [0, 0.1) is 11.8 Å². The molecule has 2 aliphatic heterocycles. The first kappa shape index (κ1) is 17.4. The molecule has 1 aromatic rings. The highest BCUT2D eigenvalue weighted by atomic mass is 32.2. The van der Waals surface area contributed by atoms with Crippen molar-refractivity contribution in [1.29, 1.82) is 0 Å². The van der Waals surface area contributed by atoms with E-state index < -0.39 is 10.0 Å². The lowest BCUT2D eigenvalue weighted by Crippen LogP contribution is -2.37. The summed E-state index contributed by atoms with van der Waals surface area (Å²) < 4.78 is 32.1. The maximum atomic E-state index is 12.7. The van der Waals surface area contributed by atoms with Gasteiger partial charge in [-0.3, -0.25) is 4.79 Å². The molecular weight excluding hydrogens is 328 g/mol. The summed E-state index contributed by atoms with van der Waals surface area (Å²) >= 11 is 0. The predicted molar refractivity (Wildman–Crippen MR) is 91.2 cm³/mol. The fourth-order valence-electron chi connectivity index (χ4n) is 3.07. The third-order valence-corrected chi connectivity index (χ3v) is 6.72. The molecule has 24 heavy (non-hydrogen) atoms. The van der Waals surface area contributed by atoms with Gasteiger partial charge in [-0.25, -0.2) is 8.42 Å². The Bertz CT molecular complexity index is 673. The molecule has 0 spiro atoms. The third-order valence-electron chi connectivity index (χ3n) is 4.80. The maximum Gasteiger partial charge on any atom is 0.243 e. The van der Waals surface area contributed by atoms with Crippen LogP contribution >= 0.6 is 0 Å². The summed E-state index contributed by atoms with van der Waals surface area (Å²) in [5.41, 5.74) is 0.609. The van der Waals surface area contributed by atoms with Gasteiger partial charge in [-0.15, -0.1) is 0 Å². The molecule has 0 saturated carbocycles. The second kappa shape index (κ2) is 7.21. The standard InChI is InChI=1S/C17H24N2O4S/c1-13-6-9-19(10-7-13)24(21,22)16-4-2-15(3-5-16)18-17(20)14-8-11-23-12-14/h2-5,13-14H,6-12H2,1H3,(H,18,20). The van der Waals surface area contributed by atoms with Gasteiger partial charge in [0.05, 0.1) is 17.4 Å². The number of benzene rings is 1. The Kier molecular flexibility index (Phi) is 5.22. The van der Waals surface area contributed by atoms with E-state index in [0.717, 1.165) is 19.3 Å². The average Bonchev–Trinajstić information content (AvgIpc) is 3.10. The number of sulfonamides is 1. The van der Waals surface area contributed by atoms with E-state index >= 15 is 0 Å². The lowest BCUT2D eigenvalue weighted by atomic mass is 10.0. The lowest BCUT2D eigenvalue weighted by Gasteiger charge is -2.29. The average molecular weight is 352 g/mol. The molecule has 1 amide bonds. The van der Waals surface area contributed by atoms with Crippen LogP contribution in [0.25, 0.3) is 0 Å². The van der Waals surface area contributed by atoms with Gasteiger partial charge in [0.1, 0.15) is 0 Å². The molecule has 132 valence electrons. The number of hydrogen-bond acceptors (Lipinski definition) is 4. The summed E-state index contributed by atoms with van der Waals surface area (Å²) in [5, 5.41) is 2.82. The van der Waals surface area contributed by atoms with E-state index in [2.05, 4.69) is 12.2 Å². The highest BCUT2D eigenvalue weighted by Gasteiger charge is 2.28. The third kappa shape index (κ3) is 3.79. The van der Waals surface area contributed by atoms with Crippen LogP contribution in [-0.4, -0.2) is 44.9 Å².